The predicted molar refractivity (Wildman–Crippen MR) is 113 cm³/mol. The number of carbonyl (C=O) groups excluding carboxylic acids is 2. The largest absolute Gasteiger partial charge is 0.356 e. The fraction of sp³-hybridized carbons (Fsp3) is 0.455. The fourth-order valence-electron chi connectivity index (χ4n) is 3.55. The van der Waals surface area contributed by atoms with Crippen molar-refractivity contribution in [1.29, 1.82) is 0 Å². The van der Waals surface area contributed by atoms with Crippen LogP contribution in [0.25, 0.3) is 0 Å². The molecule has 0 saturated carbocycles. The maximum atomic E-state index is 12.3. The second-order valence-electron chi connectivity index (χ2n) is 7.48. The highest BCUT2D eigenvalue weighted by Crippen LogP contribution is 2.21. The third-order valence-electron chi connectivity index (χ3n) is 5.11. The number of nitrogens with one attached hydrogen (secondary N) is 2. The number of aromatic nitrogens is 2. The highest BCUT2D eigenvalue weighted by atomic mass is 16.2. The number of rotatable bonds is 8. The second kappa shape index (κ2) is 10.5. The predicted octanol–water partition coefficient (Wildman–Crippen LogP) is 2.19. The molecule has 1 atom stereocenters. The van der Waals surface area contributed by atoms with Crippen molar-refractivity contribution in [2.24, 2.45) is 5.92 Å². The van der Waals surface area contributed by atoms with E-state index in [-0.39, 0.29) is 11.8 Å². The van der Waals surface area contributed by atoms with Crippen LogP contribution in [0.3, 0.4) is 0 Å². The van der Waals surface area contributed by atoms with E-state index >= 15 is 0 Å². The fourth-order valence-corrected chi connectivity index (χ4v) is 3.55. The van der Waals surface area contributed by atoms with Gasteiger partial charge in [0.25, 0.3) is 5.91 Å². The van der Waals surface area contributed by atoms with Gasteiger partial charge >= 0.3 is 0 Å². The molecule has 154 valence electrons. The third-order valence-corrected chi connectivity index (χ3v) is 5.11. The zero-order chi connectivity index (χ0) is 20.5. The molecule has 1 aliphatic heterocycles. The van der Waals surface area contributed by atoms with Crippen molar-refractivity contribution in [3.63, 3.8) is 0 Å². The molecule has 2 amide bonds. The van der Waals surface area contributed by atoms with Gasteiger partial charge in [-0.05, 0) is 55.9 Å². The van der Waals surface area contributed by atoms with Gasteiger partial charge in [-0.25, -0.2) is 4.98 Å². The van der Waals surface area contributed by atoms with E-state index in [9.17, 15) is 9.59 Å². The SMILES string of the molecule is CC(=O)NCC1CCCN(c2ccc(C(=O)NCCCc3ccccn3)cn2)C1. The number of hydrogen-bond acceptors (Lipinski definition) is 5. The van der Waals surface area contributed by atoms with E-state index in [1.807, 2.05) is 30.3 Å². The van der Waals surface area contributed by atoms with Crippen LogP contribution >= 0.6 is 0 Å². The number of piperidine rings is 1. The molecule has 0 spiro atoms. The van der Waals surface area contributed by atoms with Gasteiger partial charge < -0.3 is 15.5 Å². The van der Waals surface area contributed by atoms with Crippen molar-refractivity contribution in [2.45, 2.75) is 32.6 Å². The highest BCUT2D eigenvalue weighted by Gasteiger charge is 2.21. The number of pyridine rings is 2. The Bertz CT molecular complexity index is 795. The van der Waals surface area contributed by atoms with Crippen molar-refractivity contribution in [3.05, 3.63) is 54.0 Å². The van der Waals surface area contributed by atoms with E-state index in [0.717, 1.165) is 50.3 Å². The minimum atomic E-state index is -0.104. The molecule has 2 aromatic heterocycles. The lowest BCUT2D eigenvalue weighted by atomic mass is 9.98. The van der Waals surface area contributed by atoms with Crippen LogP contribution in [0.5, 0.6) is 0 Å². The van der Waals surface area contributed by atoms with Crippen LogP contribution in [0.4, 0.5) is 5.82 Å². The summed E-state index contributed by atoms with van der Waals surface area (Å²) in [5.74, 6) is 1.21. The Morgan fingerprint density at radius 1 is 1.17 bits per heavy atom. The van der Waals surface area contributed by atoms with Crippen LogP contribution in [0.15, 0.2) is 42.7 Å². The summed E-state index contributed by atoms with van der Waals surface area (Å²) < 4.78 is 0. The average molecular weight is 396 g/mol. The molecular formula is C22H29N5O2. The molecule has 7 nitrogen and oxygen atoms in total. The molecule has 0 aliphatic carbocycles. The lowest BCUT2D eigenvalue weighted by Gasteiger charge is -2.33. The molecule has 3 heterocycles. The van der Waals surface area contributed by atoms with E-state index < -0.39 is 0 Å². The van der Waals surface area contributed by atoms with Crippen LogP contribution < -0.4 is 15.5 Å². The van der Waals surface area contributed by atoms with Crippen LogP contribution in [0.2, 0.25) is 0 Å². The van der Waals surface area contributed by atoms with Crippen LogP contribution in [-0.4, -0.2) is 48.0 Å². The maximum Gasteiger partial charge on any atom is 0.252 e. The first-order chi connectivity index (χ1) is 14.1. The van der Waals surface area contributed by atoms with Gasteiger partial charge in [-0.3, -0.25) is 14.6 Å². The summed E-state index contributed by atoms with van der Waals surface area (Å²) in [6, 6.07) is 9.59. The second-order valence-corrected chi connectivity index (χ2v) is 7.48. The zero-order valence-electron chi connectivity index (χ0n) is 16.9. The molecule has 0 aromatic carbocycles. The summed E-state index contributed by atoms with van der Waals surface area (Å²) >= 11 is 0. The Labute approximate surface area is 171 Å². The number of carbonyl (C=O) groups is 2. The smallest absolute Gasteiger partial charge is 0.252 e. The molecule has 1 unspecified atom stereocenters. The maximum absolute atomic E-state index is 12.3. The normalized spacial score (nSPS) is 16.3. The van der Waals surface area contributed by atoms with Gasteiger partial charge in [0.1, 0.15) is 5.82 Å². The summed E-state index contributed by atoms with van der Waals surface area (Å²) in [5.41, 5.74) is 1.60. The molecule has 0 radical (unpaired) electrons. The molecule has 1 aliphatic rings. The van der Waals surface area contributed by atoms with Crippen molar-refractivity contribution in [3.8, 4) is 0 Å². The molecule has 29 heavy (non-hydrogen) atoms. The van der Waals surface area contributed by atoms with Crippen molar-refractivity contribution < 1.29 is 9.59 Å². The van der Waals surface area contributed by atoms with Gasteiger partial charge in [0.15, 0.2) is 0 Å². The summed E-state index contributed by atoms with van der Waals surface area (Å²) in [4.78, 5) is 34.5. The van der Waals surface area contributed by atoms with Gasteiger partial charge in [0, 0.05) is 51.2 Å². The number of anilines is 1. The Balaban J connectivity index is 1.45. The van der Waals surface area contributed by atoms with Crippen LogP contribution in [0.1, 0.15) is 42.2 Å². The molecule has 7 heteroatoms. The molecule has 2 N–H and O–H groups in total. The van der Waals surface area contributed by atoms with E-state index in [2.05, 4.69) is 25.5 Å². The Morgan fingerprint density at radius 3 is 2.79 bits per heavy atom. The van der Waals surface area contributed by atoms with Crippen LogP contribution in [-0.2, 0) is 11.2 Å². The first-order valence-electron chi connectivity index (χ1n) is 10.3. The number of amides is 2. The van der Waals surface area contributed by atoms with Crippen molar-refractivity contribution in [1.82, 2.24) is 20.6 Å². The first kappa shape index (κ1) is 20.8. The topological polar surface area (TPSA) is 87.2 Å². The number of nitrogens with zero attached hydrogens (tertiary/aromatic N) is 3. The van der Waals surface area contributed by atoms with Crippen molar-refractivity contribution >= 4 is 17.6 Å². The van der Waals surface area contributed by atoms with E-state index in [1.54, 1.807) is 19.3 Å². The summed E-state index contributed by atoms with van der Waals surface area (Å²) in [6.07, 6.45) is 7.29. The minimum Gasteiger partial charge on any atom is -0.356 e. The van der Waals surface area contributed by atoms with E-state index in [1.165, 1.54) is 0 Å². The van der Waals surface area contributed by atoms with Crippen LogP contribution in [0, 0.1) is 5.92 Å². The molecule has 3 rings (SSSR count). The molecular weight excluding hydrogens is 366 g/mol. The number of aryl methyl sites for hydroxylation is 1. The Hall–Kier alpha value is -2.96. The van der Waals surface area contributed by atoms with Gasteiger partial charge in [0.05, 0.1) is 5.56 Å². The lowest BCUT2D eigenvalue weighted by Crippen LogP contribution is -2.41. The number of hydrogen-bond donors (Lipinski definition) is 2. The van der Waals surface area contributed by atoms with Gasteiger partial charge in [0.2, 0.25) is 5.91 Å². The summed E-state index contributed by atoms with van der Waals surface area (Å²) in [7, 11) is 0. The minimum absolute atomic E-state index is 0.00986. The highest BCUT2D eigenvalue weighted by molar-refractivity contribution is 5.94. The standard InChI is InChI=1S/C22H29N5O2/c1-17(28)25-14-18-6-5-13-27(16-18)21-10-9-19(15-26-21)22(29)24-12-4-8-20-7-2-3-11-23-20/h2-3,7,9-11,15,18H,4-6,8,12-14,16H2,1H3,(H,24,29)(H,25,28). The van der Waals surface area contributed by atoms with Gasteiger partial charge in [-0.15, -0.1) is 0 Å². The van der Waals surface area contributed by atoms with Gasteiger partial charge in [-0.1, -0.05) is 6.07 Å². The molecule has 1 fully saturated rings. The summed E-state index contributed by atoms with van der Waals surface area (Å²) in [5, 5.41) is 5.85. The Morgan fingerprint density at radius 2 is 2.07 bits per heavy atom. The quantitative estimate of drug-likeness (QED) is 0.669. The molecule has 0 bridgehead atoms. The third kappa shape index (κ3) is 6.55. The zero-order valence-corrected chi connectivity index (χ0v) is 16.9. The monoisotopic (exact) mass is 395 g/mol. The average Bonchev–Trinajstić information content (AvgIpc) is 2.76. The molecule has 2 aromatic rings. The van der Waals surface area contributed by atoms with Gasteiger partial charge in [-0.2, -0.15) is 0 Å². The summed E-state index contributed by atoms with van der Waals surface area (Å²) in [6.45, 7) is 4.67. The first-order valence-corrected chi connectivity index (χ1v) is 10.3. The van der Waals surface area contributed by atoms with Crippen molar-refractivity contribution in [2.75, 3.05) is 31.1 Å². The lowest BCUT2D eigenvalue weighted by molar-refractivity contribution is -0.119. The van der Waals surface area contributed by atoms with E-state index in [0.29, 0.717) is 24.6 Å². The van der Waals surface area contributed by atoms with E-state index in [4.69, 9.17) is 0 Å². The Kier molecular flexibility index (Phi) is 7.55. The molecule has 1 saturated heterocycles.